The number of hydrogen-bond acceptors (Lipinski definition) is 6. The SMILES string of the molecule is C[C@@H](O)c1cc(F)ccc1-c1nn(C)nc1CC(C=NC1COC1)=CN. The molecule has 1 aromatic heterocycles. The van der Waals surface area contributed by atoms with E-state index in [1.54, 1.807) is 26.3 Å². The fourth-order valence-electron chi connectivity index (χ4n) is 2.72. The van der Waals surface area contributed by atoms with Crippen LogP contribution in [0.25, 0.3) is 11.3 Å². The predicted molar refractivity (Wildman–Crippen MR) is 96.1 cm³/mol. The van der Waals surface area contributed by atoms with Crippen LogP contribution in [0.2, 0.25) is 0 Å². The first-order valence-corrected chi connectivity index (χ1v) is 8.37. The van der Waals surface area contributed by atoms with Gasteiger partial charge in [-0.05, 0) is 42.5 Å². The van der Waals surface area contributed by atoms with Crippen molar-refractivity contribution in [1.29, 1.82) is 0 Å². The molecular weight excluding hydrogens is 337 g/mol. The molecule has 0 saturated carbocycles. The third kappa shape index (κ3) is 3.97. The van der Waals surface area contributed by atoms with Crippen LogP contribution in [0.5, 0.6) is 0 Å². The number of aliphatic hydroxyl groups is 1. The molecule has 7 nitrogen and oxygen atoms in total. The van der Waals surface area contributed by atoms with E-state index >= 15 is 0 Å². The van der Waals surface area contributed by atoms with Gasteiger partial charge in [-0.1, -0.05) is 0 Å². The second-order valence-corrected chi connectivity index (χ2v) is 6.28. The Hall–Kier alpha value is -2.58. The molecule has 1 fully saturated rings. The zero-order valence-corrected chi connectivity index (χ0v) is 14.8. The largest absolute Gasteiger partial charge is 0.404 e. The van der Waals surface area contributed by atoms with Crippen LogP contribution >= 0.6 is 0 Å². The summed E-state index contributed by atoms with van der Waals surface area (Å²) >= 11 is 0. The monoisotopic (exact) mass is 359 g/mol. The summed E-state index contributed by atoms with van der Waals surface area (Å²) in [5.74, 6) is -0.410. The Balaban J connectivity index is 1.92. The van der Waals surface area contributed by atoms with E-state index in [9.17, 15) is 9.50 Å². The molecule has 1 atom stereocenters. The molecule has 0 spiro atoms. The van der Waals surface area contributed by atoms with E-state index in [4.69, 9.17) is 10.5 Å². The quantitative estimate of drug-likeness (QED) is 0.762. The molecule has 26 heavy (non-hydrogen) atoms. The standard InChI is InChI=1S/C18H22FN5O2/c1-11(25)16-6-13(19)3-4-15(16)18-17(22-24(2)23-18)5-12(7-20)8-21-14-9-26-10-14/h3-4,6-8,11,14,25H,5,9-10,20H2,1-2H3/t11-/m1/s1. The Morgan fingerprint density at radius 2 is 2.27 bits per heavy atom. The lowest BCUT2D eigenvalue weighted by Gasteiger charge is -2.21. The lowest BCUT2D eigenvalue weighted by Crippen LogP contribution is -2.31. The van der Waals surface area contributed by atoms with E-state index in [1.807, 2.05) is 0 Å². The van der Waals surface area contributed by atoms with E-state index in [0.29, 0.717) is 42.1 Å². The molecule has 0 unspecified atom stereocenters. The number of ether oxygens (including phenoxy) is 1. The van der Waals surface area contributed by atoms with Crippen molar-refractivity contribution in [3.8, 4) is 11.3 Å². The van der Waals surface area contributed by atoms with Crippen LogP contribution in [0.4, 0.5) is 4.39 Å². The molecule has 1 saturated heterocycles. The molecule has 1 aromatic carbocycles. The number of allylic oxidation sites excluding steroid dienone is 1. The van der Waals surface area contributed by atoms with Crippen molar-refractivity contribution in [3.63, 3.8) is 0 Å². The molecule has 138 valence electrons. The number of nitrogens with two attached hydrogens (primary N) is 1. The second kappa shape index (κ2) is 7.76. The molecule has 2 aromatic rings. The number of halogens is 1. The first-order valence-electron chi connectivity index (χ1n) is 8.37. The minimum atomic E-state index is -0.833. The number of aliphatic hydroxyl groups excluding tert-OH is 1. The van der Waals surface area contributed by atoms with Crippen molar-refractivity contribution < 1.29 is 14.2 Å². The Morgan fingerprint density at radius 1 is 1.50 bits per heavy atom. The normalized spacial score (nSPS) is 16.8. The zero-order chi connectivity index (χ0) is 18.7. The minimum absolute atomic E-state index is 0.171. The minimum Gasteiger partial charge on any atom is -0.404 e. The van der Waals surface area contributed by atoms with Gasteiger partial charge in [0.1, 0.15) is 11.5 Å². The summed E-state index contributed by atoms with van der Waals surface area (Å²) < 4.78 is 18.7. The van der Waals surface area contributed by atoms with Gasteiger partial charge in [0.25, 0.3) is 0 Å². The summed E-state index contributed by atoms with van der Waals surface area (Å²) in [4.78, 5) is 5.87. The summed E-state index contributed by atoms with van der Waals surface area (Å²) in [6.07, 6.45) is 2.81. The van der Waals surface area contributed by atoms with Gasteiger partial charge < -0.3 is 15.6 Å². The highest BCUT2D eigenvalue weighted by atomic mass is 19.1. The van der Waals surface area contributed by atoms with E-state index in [2.05, 4.69) is 15.2 Å². The highest BCUT2D eigenvalue weighted by molar-refractivity contribution is 5.80. The van der Waals surface area contributed by atoms with Gasteiger partial charge in [0.2, 0.25) is 0 Å². The van der Waals surface area contributed by atoms with Crippen LogP contribution in [0.3, 0.4) is 0 Å². The number of hydrogen-bond donors (Lipinski definition) is 2. The summed E-state index contributed by atoms with van der Waals surface area (Å²) in [5, 5.41) is 18.8. The van der Waals surface area contributed by atoms with Crippen molar-refractivity contribution in [3.05, 3.63) is 47.0 Å². The second-order valence-electron chi connectivity index (χ2n) is 6.28. The topological polar surface area (TPSA) is 98.5 Å². The maximum absolute atomic E-state index is 13.6. The van der Waals surface area contributed by atoms with E-state index in [0.717, 1.165) is 5.57 Å². The van der Waals surface area contributed by atoms with E-state index in [-0.39, 0.29) is 6.04 Å². The average Bonchev–Trinajstić information content (AvgIpc) is 2.92. The van der Waals surface area contributed by atoms with Crippen molar-refractivity contribution >= 4 is 6.21 Å². The van der Waals surface area contributed by atoms with Crippen molar-refractivity contribution in [2.45, 2.75) is 25.5 Å². The molecule has 2 heterocycles. The van der Waals surface area contributed by atoms with Gasteiger partial charge in [-0.2, -0.15) is 15.0 Å². The third-order valence-electron chi connectivity index (χ3n) is 4.16. The molecule has 1 aliphatic heterocycles. The van der Waals surface area contributed by atoms with Crippen LogP contribution in [0.15, 0.2) is 35.0 Å². The van der Waals surface area contributed by atoms with Crippen LogP contribution in [0, 0.1) is 5.82 Å². The van der Waals surface area contributed by atoms with Gasteiger partial charge in [-0.25, -0.2) is 4.39 Å². The van der Waals surface area contributed by atoms with E-state index < -0.39 is 11.9 Å². The lowest BCUT2D eigenvalue weighted by molar-refractivity contribution is 0.0135. The maximum Gasteiger partial charge on any atom is 0.123 e. The molecule has 0 aliphatic carbocycles. The third-order valence-corrected chi connectivity index (χ3v) is 4.16. The van der Waals surface area contributed by atoms with Gasteiger partial charge in [-0.3, -0.25) is 4.99 Å². The highest BCUT2D eigenvalue weighted by Gasteiger charge is 2.20. The smallest absolute Gasteiger partial charge is 0.123 e. The molecule has 0 radical (unpaired) electrons. The van der Waals surface area contributed by atoms with Gasteiger partial charge in [0.05, 0.1) is 31.1 Å². The predicted octanol–water partition coefficient (Wildman–Crippen LogP) is 1.53. The van der Waals surface area contributed by atoms with Crippen LogP contribution in [-0.2, 0) is 18.2 Å². The van der Waals surface area contributed by atoms with Gasteiger partial charge in [0.15, 0.2) is 0 Å². The number of nitrogens with zero attached hydrogens (tertiary/aromatic N) is 4. The Morgan fingerprint density at radius 3 is 2.88 bits per heavy atom. The zero-order valence-electron chi connectivity index (χ0n) is 14.8. The van der Waals surface area contributed by atoms with Crippen molar-refractivity contribution in [2.75, 3.05) is 13.2 Å². The highest BCUT2D eigenvalue weighted by Crippen LogP contribution is 2.30. The lowest BCUT2D eigenvalue weighted by atomic mass is 9.97. The number of benzene rings is 1. The van der Waals surface area contributed by atoms with E-state index in [1.165, 1.54) is 23.1 Å². The molecule has 0 amide bonds. The van der Waals surface area contributed by atoms with Crippen LogP contribution in [0.1, 0.15) is 24.3 Å². The molecular formula is C18H22FN5O2. The fraction of sp³-hybridized carbons (Fsp3) is 0.389. The summed E-state index contributed by atoms with van der Waals surface area (Å²) in [5.41, 5.74) is 8.89. The molecule has 8 heteroatoms. The van der Waals surface area contributed by atoms with Crippen LogP contribution in [-0.4, -0.2) is 45.6 Å². The molecule has 3 rings (SSSR count). The maximum atomic E-state index is 13.6. The molecule has 1 aliphatic rings. The summed E-state index contributed by atoms with van der Waals surface area (Å²) in [6, 6.07) is 4.44. The van der Waals surface area contributed by atoms with Gasteiger partial charge in [-0.15, -0.1) is 0 Å². The summed E-state index contributed by atoms with van der Waals surface area (Å²) in [6.45, 7) is 2.84. The first kappa shape index (κ1) is 18.2. The summed E-state index contributed by atoms with van der Waals surface area (Å²) in [7, 11) is 1.71. The van der Waals surface area contributed by atoms with Gasteiger partial charge in [0, 0.05) is 25.2 Å². The van der Waals surface area contributed by atoms with Crippen molar-refractivity contribution in [1.82, 2.24) is 15.0 Å². The Bertz CT molecular complexity index is 840. The average molecular weight is 359 g/mol. The molecule has 0 bridgehead atoms. The Labute approximate surface area is 151 Å². The first-order chi connectivity index (χ1) is 12.5. The number of aliphatic imine (C=N–C) groups is 1. The van der Waals surface area contributed by atoms with Gasteiger partial charge >= 0.3 is 0 Å². The fourth-order valence-corrected chi connectivity index (χ4v) is 2.72. The van der Waals surface area contributed by atoms with Crippen molar-refractivity contribution in [2.24, 2.45) is 17.8 Å². The number of rotatable bonds is 6. The number of aromatic nitrogens is 3. The number of aryl methyl sites for hydroxylation is 1. The molecule has 3 N–H and O–H groups in total. The van der Waals surface area contributed by atoms with Crippen LogP contribution < -0.4 is 5.73 Å². The Kier molecular flexibility index (Phi) is 5.43.